The van der Waals surface area contributed by atoms with Crippen LogP contribution in [-0.4, -0.2) is 37.9 Å². The SMILES string of the molecule is COc1ccccc1NC(=O)Nc1cccc(-c2ccc3nnc(-c4ccccn4)n3n2)c1. The number of nitrogens with one attached hydrogen (secondary N) is 2. The third-order valence-corrected chi connectivity index (χ3v) is 4.93. The molecule has 9 heteroatoms. The van der Waals surface area contributed by atoms with Gasteiger partial charge in [0, 0.05) is 17.4 Å². The molecule has 2 aromatic carbocycles. The first-order chi connectivity index (χ1) is 16.2. The molecule has 0 spiro atoms. The number of benzene rings is 2. The number of methoxy groups -OCH3 is 1. The molecule has 162 valence electrons. The van der Waals surface area contributed by atoms with Crippen LogP contribution in [0.5, 0.6) is 5.75 Å². The molecule has 5 aromatic rings. The Morgan fingerprint density at radius 3 is 2.61 bits per heavy atom. The van der Waals surface area contributed by atoms with Crippen molar-refractivity contribution in [3.8, 4) is 28.5 Å². The molecule has 3 heterocycles. The van der Waals surface area contributed by atoms with Crippen LogP contribution in [0, 0.1) is 0 Å². The molecule has 3 aromatic heterocycles. The zero-order valence-electron chi connectivity index (χ0n) is 17.6. The highest BCUT2D eigenvalue weighted by Gasteiger charge is 2.12. The van der Waals surface area contributed by atoms with Gasteiger partial charge in [-0.1, -0.05) is 30.3 Å². The number of hydrogen-bond acceptors (Lipinski definition) is 6. The maximum absolute atomic E-state index is 12.5. The van der Waals surface area contributed by atoms with Crippen LogP contribution in [0.2, 0.25) is 0 Å². The molecule has 9 nitrogen and oxygen atoms in total. The topological polar surface area (TPSA) is 106 Å². The van der Waals surface area contributed by atoms with E-state index in [1.165, 1.54) is 0 Å². The van der Waals surface area contributed by atoms with E-state index < -0.39 is 0 Å². The number of amides is 2. The number of urea groups is 1. The second kappa shape index (κ2) is 8.75. The molecule has 2 amide bonds. The largest absolute Gasteiger partial charge is 0.495 e. The van der Waals surface area contributed by atoms with Crippen molar-refractivity contribution in [3.05, 3.63) is 85.1 Å². The van der Waals surface area contributed by atoms with Crippen molar-refractivity contribution in [2.45, 2.75) is 0 Å². The molecular weight excluding hydrogens is 418 g/mol. The van der Waals surface area contributed by atoms with E-state index >= 15 is 0 Å². The molecule has 5 rings (SSSR count). The number of para-hydroxylation sites is 2. The lowest BCUT2D eigenvalue weighted by Gasteiger charge is -2.11. The van der Waals surface area contributed by atoms with Gasteiger partial charge in [-0.2, -0.15) is 9.61 Å². The van der Waals surface area contributed by atoms with Crippen LogP contribution in [0.1, 0.15) is 0 Å². The summed E-state index contributed by atoms with van der Waals surface area (Å²) in [5, 5.41) is 18.7. The van der Waals surface area contributed by atoms with Crippen LogP contribution in [-0.2, 0) is 0 Å². The summed E-state index contributed by atoms with van der Waals surface area (Å²) in [5.74, 6) is 1.13. The summed E-state index contributed by atoms with van der Waals surface area (Å²) in [6.45, 7) is 0. The van der Waals surface area contributed by atoms with Gasteiger partial charge in [0.15, 0.2) is 5.65 Å². The first kappa shape index (κ1) is 20.1. The quantitative estimate of drug-likeness (QED) is 0.419. The Balaban J connectivity index is 1.40. The van der Waals surface area contributed by atoms with Crippen molar-refractivity contribution in [3.63, 3.8) is 0 Å². The molecule has 0 saturated heterocycles. The summed E-state index contributed by atoms with van der Waals surface area (Å²) in [7, 11) is 1.56. The van der Waals surface area contributed by atoms with Gasteiger partial charge in [-0.15, -0.1) is 10.2 Å². The van der Waals surface area contributed by atoms with Crippen LogP contribution in [0.3, 0.4) is 0 Å². The van der Waals surface area contributed by atoms with Gasteiger partial charge in [0.1, 0.15) is 11.4 Å². The number of hydrogen-bond donors (Lipinski definition) is 2. The highest BCUT2D eigenvalue weighted by Crippen LogP contribution is 2.25. The summed E-state index contributed by atoms with van der Waals surface area (Å²) in [4.78, 5) is 16.9. The molecule has 0 aliphatic rings. The lowest BCUT2D eigenvalue weighted by atomic mass is 10.1. The molecule has 33 heavy (non-hydrogen) atoms. The average Bonchev–Trinajstić information content (AvgIpc) is 3.28. The maximum atomic E-state index is 12.5. The Morgan fingerprint density at radius 2 is 1.76 bits per heavy atom. The molecule has 0 atom stereocenters. The van der Waals surface area contributed by atoms with E-state index in [-0.39, 0.29) is 6.03 Å². The molecule has 0 aliphatic heterocycles. The van der Waals surface area contributed by atoms with E-state index in [0.717, 1.165) is 5.56 Å². The summed E-state index contributed by atoms with van der Waals surface area (Å²) in [6, 6.07) is 23.6. The zero-order valence-corrected chi connectivity index (χ0v) is 17.6. The Morgan fingerprint density at radius 1 is 0.879 bits per heavy atom. The van der Waals surface area contributed by atoms with Crippen molar-refractivity contribution >= 4 is 23.1 Å². The fourth-order valence-electron chi connectivity index (χ4n) is 3.39. The predicted octanol–water partition coefficient (Wildman–Crippen LogP) is 4.51. The van der Waals surface area contributed by atoms with E-state index in [0.29, 0.717) is 40.0 Å². The van der Waals surface area contributed by atoms with Crippen LogP contribution in [0.25, 0.3) is 28.4 Å². The molecule has 0 radical (unpaired) electrons. The second-order valence-electron chi connectivity index (χ2n) is 7.09. The molecule has 0 aliphatic carbocycles. The van der Waals surface area contributed by atoms with Gasteiger partial charge >= 0.3 is 6.03 Å². The number of ether oxygens (including phenoxy) is 1. The van der Waals surface area contributed by atoms with Gasteiger partial charge in [0.05, 0.1) is 18.5 Å². The summed E-state index contributed by atoms with van der Waals surface area (Å²) in [6.07, 6.45) is 1.70. The summed E-state index contributed by atoms with van der Waals surface area (Å²) < 4.78 is 6.93. The Bertz CT molecular complexity index is 1430. The maximum Gasteiger partial charge on any atom is 0.323 e. The molecular formula is C24H19N7O2. The van der Waals surface area contributed by atoms with Crippen LogP contribution >= 0.6 is 0 Å². The zero-order chi connectivity index (χ0) is 22.6. The lowest BCUT2D eigenvalue weighted by Crippen LogP contribution is -2.19. The smallest absolute Gasteiger partial charge is 0.323 e. The minimum absolute atomic E-state index is 0.378. The Labute approximate surface area is 189 Å². The highest BCUT2D eigenvalue weighted by molar-refractivity contribution is 6.01. The van der Waals surface area contributed by atoms with E-state index in [9.17, 15) is 4.79 Å². The van der Waals surface area contributed by atoms with Gasteiger partial charge in [0.25, 0.3) is 0 Å². The first-order valence-corrected chi connectivity index (χ1v) is 10.2. The van der Waals surface area contributed by atoms with Gasteiger partial charge in [-0.05, 0) is 48.5 Å². The number of carbonyl (C=O) groups excluding carboxylic acids is 1. The van der Waals surface area contributed by atoms with Crippen molar-refractivity contribution < 1.29 is 9.53 Å². The van der Waals surface area contributed by atoms with Crippen molar-refractivity contribution in [2.75, 3.05) is 17.7 Å². The minimum atomic E-state index is -0.378. The van der Waals surface area contributed by atoms with Crippen LogP contribution in [0.4, 0.5) is 16.2 Å². The van der Waals surface area contributed by atoms with Crippen molar-refractivity contribution in [2.24, 2.45) is 0 Å². The molecule has 0 fully saturated rings. The highest BCUT2D eigenvalue weighted by atomic mass is 16.5. The van der Waals surface area contributed by atoms with E-state index in [2.05, 4.69) is 25.8 Å². The summed E-state index contributed by atoms with van der Waals surface area (Å²) >= 11 is 0. The van der Waals surface area contributed by atoms with Gasteiger partial charge in [-0.25, -0.2) is 4.79 Å². The standard InChI is InChI=1S/C24H19N7O2/c1-33-21-11-3-2-9-19(21)27-24(32)26-17-8-6-7-16(15-17)18-12-13-22-28-29-23(31(22)30-18)20-10-4-5-14-25-20/h2-15H,1H3,(H2,26,27,32). The molecule has 2 N–H and O–H groups in total. The fourth-order valence-corrected chi connectivity index (χ4v) is 3.39. The number of fused-ring (bicyclic) bond motifs is 1. The molecule has 0 bridgehead atoms. The number of rotatable bonds is 5. The first-order valence-electron chi connectivity index (χ1n) is 10.2. The van der Waals surface area contributed by atoms with E-state index in [1.54, 1.807) is 30.0 Å². The normalized spacial score (nSPS) is 10.7. The Hall–Kier alpha value is -4.79. The number of pyridine rings is 1. The second-order valence-corrected chi connectivity index (χ2v) is 7.09. The van der Waals surface area contributed by atoms with Gasteiger partial charge in [-0.3, -0.25) is 4.98 Å². The number of anilines is 2. The van der Waals surface area contributed by atoms with Crippen LogP contribution < -0.4 is 15.4 Å². The Kier molecular flexibility index (Phi) is 5.34. The number of aromatic nitrogens is 5. The number of carbonyl (C=O) groups is 1. The van der Waals surface area contributed by atoms with Gasteiger partial charge < -0.3 is 15.4 Å². The van der Waals surface area contributed by atoms with Crippen molar-refractivity contribution in [1.29, 1.82) is 0 Å². The monoisotopic (exact) mass is 437 g/mol. The van der Waals surface area contributed by atoms with E-state index in [4.69, 9.17) is 9.84 Å². The minimum Gasteiger partial charge on any atom is -0.495 e. The third kappa shape index (κ3) is 4.19. The predicted molar refractivity (Wildman–Crippen MR) is 125 cm³/mol. The number of nitrogens with zero attached hydrogens (tertiary/aromatic N) is 5. The van der Waals surface area contributed by atoms with E-state index in [1.807, 2.05) is 66.7 Å². The lowest BCUT2D eigenvalue weighted by molar-refractivity contribution is 0.262. The average molecular weight is 437 g/mol. The molecule has 0 unspecified atom stereocenters. The summed E-state index contributed by atoms with van der Waals surface area (Å²) in [5.41, 5.74) is 4.02. The van der Waals surface area contributed by atoms with Crippen LogP contribution in [0.15, 0.2) is 85.1 Å². The fraction of sp³-hybridized carbons (Fsp3) is 0.0417. The van der Waals surface area contributed by atoms with Gasteiger partial charge in [0.2, 0.25) is 5.82 Å². The molecule has 0 saturated carbocycles. The van der Waals surface area contributed by atoms with Crippen molar-refractivity contribution in [1.82, 2.24) is 24.8 Å². The third-order valence-electron chi connectivity index (χ3n) is 4.93.